The average Bonchev–Trinajstić information content (AvgIpc) is 2.02. The topological polar surface area (TPSA) is 37.4 Å². The van der Waals surface area contributed by atoms with Crippen LogP contribution < -0.4 is 0 Å². The van der Waals surface area contributed by atoms with Crippen molar-refractivity contribution in [2.24, 2.45) is 0 Å². The minimum absolute atomic E-state index is 0.315. The smallest absolute Gasteiger partial charge is 0.212 e. The van der Waals surface area contributed by atoms with Gasteiger partial charge in [0.25, 0.3) is 0 Å². The molecule has 0 saturated carbocycles. The number of halogens is 1. The van der Waals surface area contributed by atoms with Gasteiger partial charge in [0.05, 0.1) is 5.75 Å². The second-order valence-corrected chi connectivity index (χ2v) is 5.43. The fourth-order valence-corrected chi connectivity index (χ4v) is 3.09. The van der Waals surface area contributed by atoms with Gasteiger partial charge < -0.3 is 0 Å². The monoisotopic (exact) mass is 211 g/mol. The van der Waals surface area contributed by atoms with Crippen molar-refractivity contribution in [2.45, 2.75) is 19.3 Å². The summed E-state index contributed by atoms with van der Waals surface area (Å²) < 4.78 is 24.3. The molecule has 1 heterocycles. The number of sulfonamides is 1. The first-order valence-corrected chi connectivity index (χ1v) is 6.35. The minimum Gasteiger partial charge on any atom is -0.212 e. The van der Waals surface area contributed by atoms with Gasteiger partial charge in [-0.3, -0.25) is 0 Å². The molecule has 0 bridgehead atoms. The van der Waals surface area contributed by atoms with Crippen molar-refractivity contribution in [3.8, 4) is 0 Å². The van der Waals surface area contributed by atoms with E-state index in [1.54, 1.807) is 4.31 Å². The zero-order valence-electron chi connectivity index (χ0n) is 7.00. The van der Waals surface area contributed by atoms with E-state index in [1.165, 1.54) is 0 Å². The van der Waals surface area contributed by atoms with Crippen LogP contribution >= 0.6 is 11.6 Å². The molecular weight excluding hydrogens is 198 g/mol. The highest BCUT2D eigenvalue weighted by molar-refractivity contribution is 7.89. The van der Waals surface area contributed by atoms with Gasteiger partial charge in [0, 0.05) is 19.0 Å². The van der Waals surface area contributed by atoms with Gasteiger partial charge in [-0.2, -0.15) is 0 Å². The Hall–Kier alpha value is 0.200. The van der Waals surface area contributed by atoms with Crippen LogP contribution in [0.5, 0.6) is 0 Å². The predicted molar refractivity (Wildman–Crippen MR) is 49.9 cm³/mol. The maximum atomic E-state index is 11.4. The summed E-state index contributed by atoms with van der Waals surface area (Å²) in [6.45, 7) is 1.27. The molecule has 12 heavy (non-hydrogen) atoms. The molecule has 0 radical (unpaired) electrons. The Morgan fingerprint density at radius 2 is 2.08 bits per heavy atom. The highest BCUT2D eigenvalue weighted by Crippen LogP contribution is 2.13. The Bertz CT molecular complexity index is 228. The van der Waals surface area contributed by atoms with Crippen LogP contribution in [0.3, 0.4) is 0 Å². The molecule has 0 N–H and O–H groups in total. The lowest BCUT2D eigenvalue weighted by Gasteiger charge is -2.25. The number of alkyl halides is 1. The van der Waals surface area contributed by atoms with E-state index in [2.05, 4.69) is 0 Å². The van der Waals surface area contributed by atoms with Crippen LogP contribution in [0.15, 0.2) is 0 Å². The Balaban J connectivity index is 2.49. The fourth-order valence-electron chi connectivity index (χ4n) is 1.33. The zero-order chi connectivity index (χ0) is 9.03. The first-order valence-electron chi connectivity index (χ1n) is 4.20. The molecular formula is C7H14ClNO2S. The van der Waals surface area contributed by atoms with Crippen LogP contribution in [0.2, 0.25) is 0 Å². The molecule has 0 spiro atoms. The summed E-state index contributed by atoms with van der Waals surface area (Å²) in [6, 6.07) is 0. The Kier molecular flexibility index (Phi) is 3.80. The number of nitrogens with zero attached hydrogens (tertiary/aromatic N) is 1. The summed E-state index contributed by atoms with van der Waals surface area (Å²) in [5, 5.41) is 0. The third-order valence-electron chi connectivity index (χ3n) is 1.99. The van der Waals surface area contributed by atoms with Gasteiger partial charge in [-0.05, 0) is 19.3 Å². The van der Waals surface area contributed by atoms with E-state index in [1.807, 2.05) is 0 Å². The molecule has 1 fully saturated rings. The highest BCUT2D eigenvalue weighted by atomic mass is 35.5. The van der Waals surface area contributed by atoms with E-state index >= 15 is 0 Å². The molecule has 0 unspecified atom stereocenters. The van der Waals surface area contributed by atoms with E-state index in [4.69, 9.17) is 11.6 Å². The van der Waals surface area contributed by atoms with Crippen molar-refractivity contribution in [3.63, 3.8) is 0 Å². The first kappa shape index (κ1) is 10.3. The Morgan fingerprint density at radius 3 is 2.67 bits per heavy atom. The molecule has 72 valence electrons. The minimum atomic E-state index is -2.92. The summed E-state index contributed by atoms with van der Waals surface area (Å²) in [7, 11) is -2.92. The number of hydrogen-bond donors (Lipinski definition) is 0. The van der Waals surface area contributed by atoms with Gasteiger partial charge in [-0.1, -0.05) is 0 Å². The largest absolute Gasteiger partial charge is 0.214 e. The van der Waals surface area contributed by atoms with E-state index in [0.29, 0.717) is 24.7 Å². The SMILES string of the molecule is O=S1(=O)CCCCN1CCCCl. The molecule has 0 amide bonds. The lowest BCUT2D eigenvalue weighted by atomic mass is 10.3. The second-order valence-electron chi connectivity index (χ2n) is 2.96. The van der Waals surface area contributed by atoms with Gasteiger partial charge >= 0.3 is 0 Å². The quantitative estimate of drug-likeness (QED) is 0.655. The van der Waals surface area contributed by atoms with Gasteiger partial charge in [0.2, 0.25) is 10.0 Å². The maximum Gasteiger partial charge on any atom is 0.214 e. The van der Waals surface area contributed by atoms with Gasteiger partial charge in [0.15, 0.2) is 0 Å². The normalized spacial score (nSPS) is 24.1. The molecule has 0 aromatic rings. The first-order chi connectivity index (χ1) is 5.67. The number of hydrogen-bond acceptors (Lipinski definition) is 2. The van der Waals surface area contributed by atoms with Crippen LogP contribution in [0, 0.1) is 0 Å². The molecule has 0 aliphatic carbocycles. The summed E-state index contributed by atoms with van der Waals surface area (Å²) in [5.41, 5.74) is 0. The molecule has 0 aromatic heterocycles. The molecule has 0 atom stereocenters. The van der Waals surface area contributed by atoms with Crippen molar-refractivity contribution < 1.29 is 8.42 Å². The third-order valence-corrected chi connectivity index (χ3v) is 4.22. The molecule has 1 rings (SSSR count). The lowest BCUT2D eigenvalue weighted by molar-refractivity contribution is 0.384. The average molecular weight is 212 g/mol. The van der Waals surface area contributed by atoms with E-state index in [9.17, 15) is 8.42 Å². The summed E-state index contributed by atoms with van der Waals surface area (Å²) in [5.74, 6) is 0.849. The Morgan fingerprint density at radius 1 is 1.33 bits per heavy atom. The van der Waals surface area contributed by atoms with Crippen LogP contribution in [0.1, 0.15) is 19.3 Å². The van der Waals surface area contributed by atoms with E-state index in [0.717, 1.165) is 19.3 Å². The molecule has 1 saturated heterocycles. The zero-order valence-corrected chi connectivity index (χ0v) is 8.57. The van der Waals surface area contributed by atoms with Gasteiger partial charge in [0.1, 0.15) is 0 Å². The Labute approximate surface area is 78.7 Å². The fraction of sp³-hybridized carbons (Fsp3) is 1.00. The second kappa shape index (κ2) is 4.44. The van der Waals surface area contributed by atoms with E-state index < -0.39 is 10.0 Å². The van der Waals surface area contributed by atoms with Gasteiger partial charge in [-0.15, -0.1) is 11.6 Å². The van der Waals surface area contributed by atoms with Crippen molar-refractivity contribution in [3.05, 3.63) is 0 Å². The van der Waals surface area contributed by atoms with Crippen LogP contribution in [0.4, 0.5) is 0 Å². The standard InChI is InChI=1S/C7H14ClNO2S/c8-4-3-6-9-5-1-2-7-12(9,10)11/h1-7H2. The molecule has 0 aromatic carbocycles. The molecule has 3 nitrogen and oxygen atoms in total. The van der Waals surface area contributed by atoms with Crippen LogP contribution in [-0.4, -0.2) is 37.4 Å². The van der Waals surface area contributed by atoms with Gasteiger partial charge in [-0.25, -0.2) is 12.7 Å². The summed E-state index contributed by atoms with van der Waals surface area (Å²) in [6.07, 6.45) is 2.54. The molecule has 1 aliphatic rings. The predicted octanol–water partition coefficient (Wildman–Crippen LogP) is 1.04. The molecule has 5 heteroatoms. The molecule has 1 aliphatic heterocycles. The van der Waals surface area contributed by atoms with E-state index in [-0.39, 0.29) is 0 Å². The highest BCUT2D eigenvalue weighted by Gasteiger charge is 2.24. The van der Waals surface area contributed by atoms with Crippen LogP contribution in [-0.2, 0) is 10.0 Å². The van der Waals surface area contributed by atoms with Crippen molar-refractivity contribution in [2.75, 3.05) is 24.7 Å². The maximum absolute atomic E-state index is 11.4. The van der Waals surface area contributed by atoms with Crippen molar-refractivity contribution in [1.82, 2.24) is 4.31 Å². The summed E-state index contributed by atoms with van der Waals surface area (Å²) >= 11 is 5.49. The lowest BCUT2D eigenvalue weighted by Crippen LogP contribution is -2.38. The third kappa shape index (κ3) is 2.61. The van der Waals surface area contributed by atoms with Crippen molar-refractivity contribution >= 4 is 21.6 Å². The summed E-state index contributed by atoms with van der Waals surface area (Å²) in [4.78, 5) is 0. The van der Waals surface area contributed by atoms with Crippen LogP contribution in [0.25, 0.3) is 0 Å². The number of rotatable bonds is 3. The van der Waals surface area contributed by atoms with Crippen molar-refractivity contribution in [1.29, 1.82) is 0 Å².